The Balaban J connectivity index is 2.33. The molecule has 0 saturated heterocycles. The van der Waals surface area contributed by atoms with E-state index in [0.717, 1.165) is 5.56 Å². The number of hydrogen-bond donors (Lipinski definition) is 1. The molecule has 0 radical (unpaired) electrons. The van der Waals surface area contributed by atoms with Crippen LogP contribution < -0.4 is 10.5 Å². The summed E-state index contributed by atoms with van der Waals surface area (Å²) in [6, 6.07) is 9.33. The maximum atomic E-state index is 6.25. The van der Waals surface area contributed by atoms with Crippen LogP contribution in [-0.4, -0.2) is 24.2 Å². The van der Waals surface area contributed by atoms with Gasteiger partial charge in [-0.25, -0.2) is 4.98 Å². The van der Waals surface area contributed by atoms with Gasteiger partial charge in [0.05, 0.1) is 13.2 Å². The van der Waals surface area contributed by atoms with Gasteiger partial charge in [-0.1, -0.05) is 30.3 Å². The summed E-state index contributed by atoms with van der Waals surface area (Å²) in [5, 5.41) is 0. The average Bonchev–Trinajstić information content (AvgIpc) is 2.49. The Morgan fingerprint density at radius 2 is 1.74 bits per heavy atom. The molecule has 0 spiro atoms. The van der Waals surface area contributed by atoms with Gasteiger partial charge in [-0.05, 0) is 5.56 Å². The van der Waals surface area contributed by atoms with E-state index in [1.165, 1.54) is 0 Å². The third-order valence-electron chi connectivity index (χ3n) is 2.91. The summed E-state index contributed by atoms with van der Waals surface area (Å²) in [5.41, 5.74) is 7.83. The molecule has 1 heterocycles. The molecular formula is C14H17N3O2. The van der Waals surface area contributed by atoms with E-state index in [9.17, 15) is 0 Å². The zero-order valence-corrected chi connectivity index (χ0v) is 11.0. The van der Waals surface area contributed by atoms with Gasteiger partial charge in [0.25, 0.3) is 0 Å². The average molecular weight is 259 g/mol. The van der Waals surface area contributed by atoms with Gasteiger partial charge < -0.3 is 15.2 Å². The first-order chi connectivity index (χ1) is 9.27. The second-order valence-corrected chi connectivity index (χ2v) is 4.04. The summed E-state index contributed by atoms with van der Waals surface area (Å²) >= 11 is 0. The minimum absolute atomic E-state index is 0.299. The van der Waals surface area contributed by atoms with Gasteiger partial charge >= 0.3 is 0 Å². The van der Waals surface area contributed by atoms with Crippen molar-refractivity contribution in [1.29, 1.82) is 0 Å². The Morgan fingerprint density at radius 3 is 2.37 bits per heavy atom. The molecule has 1 aromatic heterocycles. The largest absolute Gasteiger partial charge is 0.480 e. The smallest absolute Gasteiger partial charge is 0.237 e. The van der Waals surface area contributed by atoms with Crippen molar-refractivity contribution in [2.24, 2.45) is 5.73 Å². The van der Waals surface area contributed by atoms with Crippen LogP contribution in [0.5, 0.6) is 5.88 Å². The van der Waals surface area contributed by atoms with Gasteiger partial charge in [-0.15, -0.1) is 0 Å². The number of rotatable bonds is 5. The molecule has 19 heavy (non-hydrogen) atoms. The number of benzene rings is 1. The fraction of sp³-hybridized carbons (Fsp3) is 0.286. The molecule has 0 fully saturated rings. The Bertz CT molecular complexity index is 519. The standard InChI is InChI=1S/C14H17N3O2/c1-18-13(10-6-4-3-5-7-10)11(15)12-14(19-2)17-9-8-16-12/h3-9,11,13H,15H2,1-2H3. The van der Waals surface area contributed by atoms with Gasteiger partial charge in [0.2, 0.25) is 5.88 Å². The first-order valence-electron chi connectivity index (χ1n) is 5.96. The van der Waals surface area contributed by atoms with E-state index in [1.807, 2.05) is 30.3 Å². The Hall–Kier alpha value is -1.98. The zero-order chi connectivity index (χ0) is 13.7. The molecule has 0 bridgehead atoms. The van der Waals surface area contributed by atoms with Gasteiger partial charge in [-0.3, -0.25) is 4.98 Å². The van der Waals surface area contributed by atoms with Crippen LogP contribution in [0.2, 0.25) is 0 Å². The molecule has 2 atom stereocenters. The van der Waals surface area contributed by atoms with E-state index in [1.54, 1.807) is 26.6 Å². The van der Waals surface area contributed by atoms with Crippen molar-refractivity contribution >= 4 is 0 Å². The quantitative estimate of drug-likeness (QED) is 0.887. The lowest BCUT2D eigenvalue weighted by Crippen LogP contribution is -2.23. The molecule has 0 aliphatic heterocycles. The van der Waals surface area contributed by atoms with E-state index in [4.69, 9.17) is 15.2 Å². The molecule has 2 aromatic rings. The maximum Gasteiger partial charge on any atom is 0.237 e. The minimum atomic E-state index is -0.448. The number of nitrogens with zero attached hydrogens (tertiary/aromatic N) is 2. The van der Waals surface area contributed by atoms with Crippen LogP contribution >= 0.6 is 0 Å². The van der Waals surface area contributed by atoms with E-state index < -0.39 is 6.04 Å². The maximum absolute atomic E-state index is 6.25. The summed E-state index contributed by atoms with van der Waals surface area (Å²) in [6.45, 7) is 0. The van der Waals surface area contributed by atoms with Crippen molar-refractivity contribution in [1.82, 2.24) is 9.97 Å². The van der Waals surface area contributed by atoms with E-state index >= 15 is 0 Å². The molecule has 2 N–H and O–H groups in total. The molecule has 0 amide bonds. The van der Waals surface area contributed by atoms with Crippen LogP contribution in [-0.2, 0) is 4.74 Å². The molecule has 5 nitrogen and oxygen atoms in total. The van der Waals surface area contributed by atoms with Crippen LogP contribution in [0, 0.1) is 0 Å². The molecule has 100 valence electrons. The van der Waals surface area contributed by atoms with Gasteiger partial charge in [-0.2, -0.15) is 0 Å². The van der Waals surface area contributed by atoms with Crippen molar-refractivity contribution in [3.05, 3.63) is 54.0 Å². The third-order valence-corrected chi connectivity index (χ3v) is 2.91. The van der Waals surface area contributed by atoms with Crippen molar-refractivity contribution < 1.29 is 9.47 Å². The lowest BCUT2D eigenvalue weighted by Gasteiger charge is -2.23. The summed E-state index contributed by atoms with van der Waals surface area (Å²) in [6.07, 6.45) is 2.86. The molecule has 2 unspecified atom stereocenters. The topological polar surface area (TPSA) is 70.3 Å². The lowest BCUT2D eigenvalue weighted by atomic mass is 10.0. The number of aromatic nitrogens is 2. The fourth-order valence-corrected chi connectivity index (χ4v) is 2.00. The molecule has 1 aromatic carbocycles. The first-order valence-corrected chi connectivity index (χ1v) is 5.96. The number of hydrogen-bond acceptors (Lipinski definition) is 5. The molecule has 5 heteroatoms. The highest BCUT2D eigenvalue weighted by Crippen LogP contribution is 2.31. The van der Waals surface area contributed by atoms with Crippen molar-refractivity contribution in [3.63, 3.8) is 0 Å². The number of ether oxygens (including phenoxy) is 2. The van der Waals surface area contributed by atoms with E-state index in [-0.39, 0.29) is 6.10 Å². The Morgan fingerprint density at radius 1 is 1.05 bits per heavy atom. The zero-order valence-electron chi connectivity index (χ0n) is 11.0. The highest BCUT2D eigenvalue weighted by molar-refractivity contribution is 5.27. The van der Waals surface area contributed by atoms with Crippen LogP contribution in [0.3, 0.4) is 0 Å². The normalized spacial score (nSPS) is 13.8. The van der Waals surface area contributed by atoms with Crippen molar-refractivity contribution in [3.8, 4) is 5.88 Å². The van der Waals surface area contributed by atoms with Crippen LogP contribution in [0.1, 0.15) is 23.4 Å². The lowest BCUT2D eigenvalue weighted by molar-refractivity contribution is 0.0779. The van der Waals surface area contributed by atoms with Crippen LogP contribution in [0.15, 0.2) is 42.7 Å². The van der Waals surface area contributed by atoms with Crippen molar-refractivity contribution in [2.45, 2.75) is 12.1 Å². The fourth-order valence-electron chi connectivity index (χ4n) is 2.00. The van der Waals surface area contributed by atoms with Crippen molar-refractivity contribution in [2.75, 3.05) is 14.2 Å². The second kappa shape index (κ2) is 6.26. The minimum Gasteiger partial charge on any atom is -0.480 e. The molecule has 0 aliphatic rings. The summed E-state index contributed by atoms with van der Waals surface area (Å²) in [5.74, 6) is 0.424. The predicted octanol–water partition coefficient (Wildman–Crippen LogP) is 1.87. The van der Waals surface area contributed by atoms with E-state index in [2.05, 4.69) is 9.97 Å². The molecular weight excluding hydrogens is 242 g/mol. The Kier molecular flexibility index (Phi) is 4.43. The highest BCUT2D eigenvalue weighted by atomic mass is 16.5. The first kappa shape index (κ1) is 13.5. The van der Waals surface area contributed by atoms with Crippen LogP contribution in [0.4, 0.5) is 0 Å². The summed E-state index contributed by atoms with van der Waals surface area (Å²) in [4.78, 5) is 8.36. The Labute approximate surface area is 112 Å². The monoisotopic (exact) mass is 259 g/mol. The van der Waals surface area contributed by atoms with E-state index in [0.29, 0.717) is 11.6 Å². The van der Waals surface area contributed by atoms with Gasteiger partial charge in [0, 0.05) is 19.5 Å². The summed E-state index contributed by atoms with van der Waals surface area (Å²) < 4.78 is 10.7. The third kappa shape index (κ3) is 2.89. The second-order valence-electron chi connectivity index (χ2n) is 4.04. The summed E-state index contributed by atoms with van der Waals surface area (Å²) in [7, 11) is 3.17. The molecule has 0 saturated carbocycles. The number of nitrogens with two attached hydrogens (primary N) is 1. The number of methoxy groups -OCH3 is 2. The van der Waals surface area contributed by atoms with Crippen LogP contribution in [0.25, 0.3) is 0 Å². The SMILES string of the molecule is COc1nccnc1C(N)C(OC)c1ccccc1. The molecule has 0 aliphatic carbocycles. The molecule has 2 rings (SSSR count). The van der Waals surface area contributed by atoms with Gasteiger partial charge in [0.15, 0.2) is 0 Å². The predicted molar refractivity (Wildman–Crippen MR) is 71.7 cm³/mol. The van der Waals surface area contributed by atoms with Gasteiger partial charge in [0.1, 0.15) is 11.8 Å². The highest BCUT2D eigenvalue weighted by Gasteiger charge is 2.25.